The average molecular weight is 301 g/mol. The molecule has 3 nitrogen and oxygen atoms in total. The third kappa shape index (κ3) is 3.22. The van der Waals surface area contributed by atoms with E-state index in [4.69, 9.17) is 4.74 Å². The molecule has 0 aromatic heterocycles. The van der Waals surface area contributed by atoms with Gasteiger partial charge in [0.05, 0.1) is 13.2 Å². The Morgan fingerprint density at radius 3 is 2.67 bits per heavy atom. The van der Waals surface area contributed by atoms with E-state index in [-0.39, 0.29) is 25.0 Å². The van der Waals surface area contributed by atoms with Gasteiger partial charge in [0.1, 0.15) is 6.10 Å². The number of halogens is 2. The minimum absolute atomic E-state index is 0.0599. The molecular formula is C16H25F2NO2. The van der Waals surface area contributed by atoms with Crippen LogP contribution in [0.25, 0.3) is 0 Å². The molecule has 0 bridgehead atoms. The lowest BCUT2D eigenvalue weighted by molar-refractivity contribution is -0.154. The number of fused-ring (bicyclic) bond motifs is 1. The molecule has 0 aromatic rings. The molecule has 4 atom stereocenters. The fraction of sp³-hybridized carbons (Fsp3) is 0.938. The van der Waals surface area contributed by atoms with Gasteiger partial charge in [0.15, 0.2) is 0 Å². The molecule has 120 valence electrons. The quantitative estimate of drug-likeness (QED) is 0.784. The van der Waals surface area contributed by atoms with Gasteiger partial charge in [-0.05, 0) is 24.7 Å². The van der Waals surface area contributed by atoms with Crippen molar-refractivity contribution in [3.05, 3.63) is 0 Å². The molecule has 0 aromatic carbocycles. The van der Waals surface area contributed by atoms with Gasteiger partial charge in [-0.2, -0.15) is 0 Å². The topological polar surface area (TPSA) is 29.5 Å². The van der Waals surface area contributed by atoms with E-state index in [2.05, 4.69) is 0 Å². The summed E-state index contributed by atoms with van der Waals surface area (Å²) in [7, 11) is 0. The lowest BCUT2D eigenvalue weighted by Gasteiger charge is -2.43. The Hall–Kier alpha value is -0.710. The normalized spacial score (nSPS) is 37.4. The minimum atomic E-state index is -2.51. The smallest absolute Gasteiger partial charge is 0.266 e. The number of morpholine rings is 1. The summed E-state index contributed by atoms with van der Waals surface area (Å²) in [5.41, 5.74) is 0. The van der Waals surface area contributed by atoms with Crippen LogP contribution in [-0.4, -0.2) is 43.0 Å². The monoisotopic (exact) mass is 301 g/mol. The van der Waals surface area contributed by atoms with Crippen LogP contribution in [-0.2, 0) is 9.53 Å². The van der Waals surface area contributed by atoms with E-state index < -0.39 is 12.5 Å². The number of hydrogen-bond donors (Lipinski definition) is 0. The van der Waals surface area contributed by atoms with Crippen molar-refractivity contribution in [1.29, 1.82) is 0 Å². The Morgan fingerprint density at radius 2 is 1.86 bits per heavy atom. The average Bonchev–Trinajstić information content (AvgIpc) is 2.53. The standard InChI is InChI=1S/C16H25F2NO2/c17-15(18)14-10-19(8-9-21-14)16(20)13-7-3-5-11-4-1-2-6-12(11)13/h11-15H,1-10H2. The maximum Gasteiger partial charge on any atom is 0.266 e. The van der Waals surface area contributed by atoms with Crippen LogP contribution < -0.4 is 0 Å². The fourth-order valence-corrected chi connectivity index (χ4v) is 4.51. The predicted molar refractivity (Wildman–Crippen MR) is 75.1 cm³/mol. The summed E-state index contributed by atoms with van der Waals surface area (Å²) >= 11 is 0. The molecule has 0 spiro atoms. The molecule has 21 heavy (non-hydrogen) atoms. The minimum Gasteiger partial charge on any atom is -0.369 e. The van der Waals surface area contributed by atoms with Gasteiger partial charge in [-0.25, -0.2) is 8.78 Å². The molecule has 1 aliphatic heterocycles. The number of nitrogens with zero attached hydrogens (tertiary/aromatic N) is 1. The molecule has 3 fully saturated rings. The maximum atomic E-state index is 12.8. The van der Waals surface area contributed by atoms with Crippen molar-refractivity contribution in [2.45, 2.75) is 57.5 Å². The van der Waals surface area contributed by atoms with Gasteiger partial charge in [0, 0.05) is 12.5 Å². The van der Waals surface area contributed by atoms with E-state index in [0.29, 0.717) is 18.4 Å². The molecule has 1 heterocycles. The van der Waals surface area contributed by atoms with Crippen molar-refractivity contribution < 1.29 is 18.3 Å². The van der Waals surface area contributed by atoms with E-state index in [0.717, 1.165) is 19.3 Å². The van der Waals surface area contributed by atoms with E-state index in [1.165, 1.54) is 25.7 Å². The van der Waals surface area contributed by atoms with Gasteiger partial charge >= 0.3 is 0 Å². The SMILES string of the molecule is O=C(C1CCCC2CCCCC21)N1CCOC(C(F)F)C1. The first-order valence-electron chi connectivity index (χ1n) is 8.35. The Morgan fingerprint density at radius 1 is 1.10 bits per heavy atom. The van der Waals surface area contributed by atoms with Gasteiger partial charge in [0.25, 0.3) is 6.43 Å². The number of carbonyl (C=O) groups excluding carboxylic acids is 1. The lowest BCUT2D eigenvalue weighted by atomic mass is 9.65. The van der Waals surface area contributed by atoms with Crippen LogP contribution in [0.2, 0.25) is 0 Å². The first-order valence-corrected chi connectivity index (χ1v) is 8.35. The van der Waals surface area contributed by atoms with Crippen molar-refractivity contribution in [1.82, 2.24) is 4.90 Å². The van der Waals surface area contributed by atoms with Crippen molar-refractivity contribution in [2.75, 3.05) is 19.7 Å². The van der Waals surface area contributed by atoms with Gasteiger partial charge < -0.3 is 9.64 Å². The Kier molecular flexibility index (Phi) is 4.77. The highest BCUT2D eigenvalue weighted by Gasteiger charge is 2.41. The number of rotatable bonds is 2. The third-order valence-electron chi connectivity index (χ3n) is 5.58. The Labute approximate surface area is 125 Å². The molecule has 4 unspecified atom stereocenters. The van der Waals surface area contributed by atoms with Crippen molar-refractivity contribution in [3.63, 3.8) is 0 Å². The summed E-state index contributed by atoms with van der Waals surface area (Å²) in [5, 5.41) is 0. The van der Waals surface area contributed by atoms with Crippen molar-refractivity contribution >= 4 is 5.91 Å². The molecule has 5 heteroatoms. The summed E-state index contributed by atoms with van der Waals surface area (Å²) < 4.78 is 30.7. The zero-order chi connectivity index (χ0) is 14.8. The number of carbonyl (C=O) groups is 1. The van der Waals surface area contributed by atoms with E-state index >= 15 is 0 Å². The first-order chi connectivity index (χ1) is 10.2. The molecule has 3 aliphatic rings. The van der Waals surface area contributed by atoms with Crippen molar-refractivity contribution in [3.8, 4) is 0 Å². The van der Waals surface area contributed by atoms with Crippen LogP contribution in [0, 0.1) is 17.8 Å². The second kappa shape index (κ2) is 6.59. The maximum absolute atomic E-state index is 12.8. The predicted octanol–water partition coefficient (Wildman–Crippen LogP) is 3.09. The Balaban J connectivity index is 1.65. The molecule has 2 saturated carbocycles. The van der Waals surface area contributed by atoms with E-state index in [1.54, 1.807) is 4.90 Å². The molecule has 2 aliphatic carbocycles. The first kappa shape index (κ1) is 15.2. The number of ether oxygens (including phenoxy) is 1. The van der Waals surface area contributed by atoms with E-state index in [9.17, 15) is 13.6 Å². The van der Waals surface area contributed by atoms with Crippen molar-refractivity contribution in [2.24, 2.45) is 17.8 Å². The highest BCUT2D eigenvalue weighted by Crippen LogP contribution is 2.44. The number of amides is 1. The van der Waals surface area contributed by atoms with E-state index in [1.807, 2.05) is 0 Å². The summed E-state index contributed by atoms with van der Waals surface area (Å²) in [5.74, 6) is 1.36. The second-order valence-corrected chi connectivity index (χ2v) is 6.77. The molecular weight excluding hydrogens is 276 g/mol. The van der Waals surface area contributed by atoms with Gasteiger partial charge in [0.2, 0.25) is 5.91 Å². The van der Waals surface area contributed by atoms with Crippen LogP contribution in [0.4, 0.5) is 8.78 Å². The highest BCUT2D eigenvalue weighted by atomic mass is 19.3. The largest absolute Gasteiger partial charge is 0.369 e. The summed E-state index contributed by atoms with van der Waals surface area (Å²) in [6.45, 7) is 0.766. The van der Waals surface area contributed by atoms with Crippen LogP contribution in [0.3, 0.4) is 0 Å². The summed E-state index contributed by atoms with van der Waals surface area (Å²) in [4.78, 5) is 14.4. The number of alkyl halides is 2. The zero-order valence-electron chi connectivity index (χ0n) is 12.5. The lowest BCUT2D eigenvalue weighted by Crippen LogP contribution is -2.52. The highest BCUT2D eigenvalue weighted by molar-refractivity contribution is 5.79. The zero-order valence-corrected chi connectivity index (χ0v) is 12.5. The molecule has 3 rings (SSSR count). The van der Waals surface area contributed by atoms with Gasteiger partial charge in [-0.1, -0.05) is 32.1 Å². The van der Waals surface area contributed by atoms with Crippen LogP contribution in [0.15, 0.2) is 0 Å². The van der Waals surface area contributed by atoms with Gasteiger partial charge in [-0.3, -0.25) is 4.79 Å². The summed E-state index contributed by atoms with van der Waals surface area (Å²) in [6, 6.07) is 0. The van der Waals surface area contributed by atoms with Crippen LogP contribution in [0.1, 0.15) is 44.9 Å². The third-order valence-corrected chi connectivity index (χ3v) is 5.58. The van der Waals surface area contributed by atoms with Gasteiger partial charge in [-0.15, -0.1) is 0 Å². The molecule has 1 saturated heterocycles. The fourth-order valence-electron chi connectivity index (χ4n) is 4.51. The molecule has 0 radical (unpaired) electrons. The van der Waals surface area contributed by atoms with Crippen LogP contribution >= 0.6 is 0 Å². The van der Waals surface area contributed by atoms with Crippen LogP contribution in [0.5, 0.6) is 0 Å². The summed E-state index contributed by atoms with van der Waals surface area (Å²) in [6.07, 6.45) is 4.58. The molecule has 1 amide bonds. The Bertz CT molecular complexity index is 375. The second-order valence-electron chi connectivity index (χ2n) is 6.77. The number of hydrogen-bond acceptors (Lipinski definition) is 2. The molecule has 0 N–H and O–H groups in total.